The molecule has 0 amide bonds. The molecule has 0 aliphatic rings. The van der Waals surface area contributed by atoms with Crippen LogP contribution in [0.3, 0.4) is 0 Å². The summed E-state index contributed by atoms with van der Waals surface area (Å²) in [5.41, 5.74) is 1.79. The Kier molecular flexibility index (Phi) is 2.28. The van der Waals surface area contributed by atoms with Gasteiger partial charge >= 0.3 is 5.97 Å². The minimum Gasteiger partial charge on any atom is -0.476 e. The Morgan fingerprint density at radius 1 is 1.60 bits per heavy atom. The number of hydrogen-bond donors (Lipinski definition) is 1. The van der Waals surface area contributed by atoms with Crippen LogP contribution in [0.1, 0.15) is 16.2 Å². The average Bonchev–Trinajstić information content (AvgIpc) is 2.74. The maximum Gasteiger partial charge on any atom is 0.355 e. The number of aromatic nitrogens is 3. The summed E-state index contributed by atoms with van der Waals surface area (Å²) < 4.78 is 1.73. The number of nitrogens with zero attached hydrogens (tertiary/aromatic N) is 3. The molecule has 2 aromatic heterocycles. The van der Waals surface area contributed by atoms with E-state index < -0.39 is 5.97 Å². The molecule has 0 spiro atoms. The molecule has 0 aliphatic heterocycles. The van der Waals surface area contributed by atoms with Gasteiger partial charge in [-0.2, -0.15) is 5.10 Å². The van der Waals surface area contributed by atoms with Crippen LogP contribution in [0.5, 0.6) is 0 Å². The monoisotopic (exact) mass is 223 g/mol. The van der Waals surface area contributed by atoms with E-state index in [0.717, 1.165) is 5.69 Å². The van der Waals surface area contributed by atoms with Gasteiger partial charge in [-0.05, 0) is 13.0 Å². The topological polar surface area (TPSA) is 68.0 Å². The first-order valence-corrected chi connectivity index (χ1v) is 5.15. The molecule has 0 aromatic carbocycles. The Balaban J connectivity index is 2.41. The Labute approximate surface area is 90.0 Å². The van der Waals surface area contributed by atoms with Crippen LogP contribution in [0.2, 0.25) is 0 Å². The van der Waals surface area contributed by atoms with Crippen LogP contribution < -0.4 is 0 Å². The smallest absolute Gasteiger partial charge is 0.355 e. The molecular weight excluding hydrogens is 214 g/mol. The molecule has 0 saturated carbocycles. The SMILES string of the molecule is Cc1cc(-c2nc(C(=O)O)cs2)nn1C. The number of rotatable bonds is 2. The van der Waals surface area contributed by atoms with Crippen LogP contribution in [0.25, 0.3) is 10.7 Å². The van der Waals surface area contributed by atoms with Crippen molar-refractivity contribution >= 4 is 17.3 Å². The molecule has 5 nitrogen and oxygen atoms in total. The molecule has 78 valence electrons. The Bertz CT molecular complexity index is 496. The van der Waals surface area contributed by atoms with E-state index in [2.05, 4.69) is 10.1 Å². The van der Waals surface area contributed by atoms with Gasteiger partial charge in [0.05, 0.1) is 0 Å². The maximum absolute atomic E-state index is 10.6. The number of carbonyl (C=O) groups is 1. The van der Waals surface area contributed by atoms with E-state index in [1.807, 2.05) is 20.0 Å². The van der Waals surface area contributed by atoms with Crippen LogP contribution >= 0.6 is 11.3 Å². The van der Waals surface area contributed by atoms with E-state index >= 15 is 0 Å². The molecule has 0 unspecified atom stereocenters. The van der Waals surface area contributed by atoms with Gasteiger partial charge in [-0.3, -0.25) is 4.68 Å². The molecular formula is C9H9N3O2S. The zero-order valence-corrected chi connectivity index (χ0v) is 9.08. The van der Waals surface area contributed by atoms with E-state index in [1.165, 1.54) is 16.7 Å². The molecule has 2 heterocycles. The summed E-state index contributed by atoms with van der Waals surface area (Å²) in [6.07, 6.45) is 0. The number of carboxylic acids is 1. The van der Waals surface area contributed by atoms with E-state index in [9.17, 15) is 4.79 Å². The minimum absolute atomic E-state index is 0.0679. The largest absolute Gasteiger partial charge is 0.476 e. The maximum atomic E-state index is 10.6. The highest BCUT2D eigenvalue weighted by Gasteiger charge is 2.12. The van der Waals surface area contributed by atoms with Gasteiger partial charge < -0.3 is 5.11 Å². The van der Waals surface area contributed by atoms with Crippen LogP contribution in [0.15, 0.2) is 11.4 Å². The van der Waals surface area contributed by atoms with E-state index in [1.54, 1.807) is 4.68 Å². The Hall–Kier alpha value is -1.69. The molecule has 1 N–H and O–H groups in total. The standard InChI is InChI=1S/C9H9N3O2S/c1-5-3-6(11-12(5)2)8-10-7(4-15-8)9(13)14/h3-4H,1-2H3,(H,13,14). The van der Waals surface area contributed by atoms with Crippen LogP contribution in [-0.4, -0.2) is 25.8 Å². The lowest BCUT2D eigenvalue weighted by atomic mass is 10.4. The second-order valence-corrected chi connectivity index (χ2v) is 4.00. The van der Waals surface area contributed by atoms with E-state index in [0.29, 0.717) is 10.7 Å². The third kappa shape index (κ3) is 1.75. The zero-order valence-electron chi connectivity index (χ0n) is 8.26. The van der Waals surface area contributed by atoms with Crippen molar-refractivity contribution in [3.63, 3.8) is 0 Å². The highest BCUT2D eigenvalue weighted by Crippen LogP contribution is 2.22. The fraction of sp³-hybridized carbons (Fsp3) is 0.222. The first-order valence-electron chi connectivity index (χ1n) is 4.28. The van der Waals surface area contributed by atoms with Crippen molar-refractivity contribution in [3.8, 4) is 10.7 Å². The lowest BCUT2D eigenvalue weighted by molar-refractivity contribution is 0.0691. The molecule has 0 fully saturated rings. The van der Waals surface area contributed by atoms with Gasteiger partial charge in [-0.15, -0.1) is 11.3 Å². The van der Waals surface area contributed by atoms with Gasteiger partial charge in [-0.1, -0.05) is 0 Å². The van der Waals surface area contributed by atoms with Crippen LogP contribution in [-0.2, 0) is 7.05 Å². The Morgan fingerprint density at radius 2 is 2.33 bits per heavy atom. The second kappa shape index (κ2) is 3.47. The molecule has 6 heteroatoms. The van der Waals surface area contributed by atoms with Crippen molar-refractivity contribution in [3.05, 3.63) is 22.8 Å². The average molecular weight is 223 g/mol. The lowest BCUT2D eigenvalue weighted by Crippen LogP contribution is -1.96. The highest BCUT2D eigenvalue weighted by molar-refractivity contribution is 7.13. The molecule has 0 saturated heterocycles. The Morgan fingerprint density at radius 3 is 2.80 bits per heavy atom. The van der Waals surface area contributed by atoms with Gasteiger partial charge in [0.1, 0.15) is 10.7 Å². The van der Waals surface area contributed by atoms with E-state index in [4.69, 9.17) is 5.11 Å². The lowest BCUT2D eigenvalue weighted by Gasteiger charge is -1.89. The predicted molar refractivity (Wildman–Crippen MR) is 56.0 cm³/mol. The predicted octanol–water partition coefficient (Wildman–Crippen LogP) is 1.55. The third-order valence-electron chi connectivity index (χ3n) is 2.06. The van der Waals surface area contributed by atoms with Crippen molar-refractivity contribution in [2.24, 2.45) is 7.05 Å². The number of thiazole rings is 1. The number of hydrogen-bond acceptors (Lipinski definition) is 4. The summed E-state index contributed by atoms with van der Waals surface area (Å²) in [6, 6.07) is 1.88. The molecule has 0 bridgehead atoms. The third-order valence-corrected chi connectivity index (χ3v) is 2.92. The van der Waals surface area contributed by atoms with Gasteiger partial charge in [0.15, 0.2) is 5.69 Å². The van der Waals surface area contributed by atoms with Crippen molar-refractivity contribution in [2.45, 2.75) is 6.92 Å². The van der Waals surface area contributed by atoms with Crippen molar-refractivity contribution in [1.82, 2.24) is 14.8 Å². The summed E-state index contributed by atoms with van der Waals surface area (Å²) in [5, 5.41) is 15.1. The summed E-state index contributed by atoms with van der Waals surface area (Å²) >= 11 is 1.29. The van der Waals surface area contributed by atoms with Crippen LogP contribution in [0, 0.1) is 6.92 Å². The molecule has 0 aliphatic carbocycles. The molecule has 15 heavy (non-hydrogen) atoms. The van der Waals surface area contributed by atoms with Gasteiger partial charge in [0.2, 0.25) is 0 Å². The van der Waals surface area contributed by atoms with Crippen molar-refractivity contribution in [2.75, 3.05) is 0 Å². The van der Waals surface area contributed by atoms with E-state index in [-0.39, 0.29) is 5.69 Å². The van der Waals surface area contributed by atoms with Crippen molar-refractivity contribution in [1.29, 1.82) is 0 Å². The molecule has 2 rings (SSSR count). The van der Waals surface area contributed by atoms with Crippen molar-refractivity contribution < 1.29 is 9.90 Å². The summed E-state index contributed by atoms with van der Waals surface area (Å²) in [7, 11) is 1.84. The number of carboxylic acid groups (broad SMARTS) is 1. The normalized spacial score (nSPS) is 10.5. The molecule has 2 aromatic rings. The van der Waals surface area contributed by atoms with Gasteiger partial charge in [0.25, 0.3) is 0 Å². The molecule has 0 radical (unpaired) electrons. The number of aryl methyl sites for hydroxylation is 2. The van der Waals surface area contributed by atoms with Crippen LogP contribution in [0.4, 0.5) is 0 Å². The zero-order chi connectivity index (χ0) is 11.0. The summed E-state index contributed by atoms with van der Waals surface area (Å²) in [6.45, 7) is 1.93. The number of aromatic carboxylic acids is 1. The van der Waals surface area contributed by atoms with Gasteiger partial charge in [0, 0.05) is 18.1 Å². The highest BCUT2D eigenvalue weighted by atomic mass is 32.1. The summed E-state index contributed by atoms with van der Waals surface area (Å²) in [5.74, 6) is -1.01. The minimum atomic E-state index is -1.01. The summed E-state index contributed by atoms with van der Waals surface area (Å²) in [4.78, 5) is 14.6. The first kappa shape index (κ1) is 9.85. The fourth-order valence-corrected chi connectivity index (χ4v) is 1.90. The quantitative estimate of drug-likeness (QED) is 0.838. The first-order chi connectivity index (χ1) is 7.08. The molecule has 0 atom stereocenters. The second-order valence-electron chi connectivity index (χ2n) is 3.14. The fourth-order valence-electron chi connectivity index (χ4n) is 1.15. The van der Waals surface area contributed by atoms with Gasteiger partial charge in [-0.25, -0.2) is 9.78 Å².